The summed E-state index contributed by atoms with van der Waals surface area (Å²) in [5, 5.41) is 14.0. The number of para-hydroxylation sites is 1. The van der Waals surface area contributed by atoms with Gasteiger partial charge in [0.05, 0.1) is 13.2 Å². The monoisotopic (exact) mass is 341 g/mol. The minimum absolute atomic E-state index is 0.479. The molecule has 1 heterocycles. The molecular weight excluding hydrogens is 322 g/mol. The van der Waals surface area contributed by atoms with Crippen LogP contribution in [0.3, 0.4) is 0 Å². The van der Waals surface area contributed by atoms with Gasteiger partial charge >= 0.3 is 0 Å². The second-order valence-corrected chi connectivity index (χ2v) is 7.15. The van der Waals surface area contributed by atoms with Crippen molar-refractivity contribution in [3.8, 4) is 11.8 Å². The van der Waals surface area contributed by atoms with Gasteiger partial charge in [0.2, 0.25) is 0 Å². The number of aromatic nitrogens is 2. The van der Waals surface area contributed by atoms with Crippen LogP contribution in [0.1, 0.15) is 28.4 Å². The molecular formula is C22H19N3O. The molecule has 3 atom stereocenters. The number of hydrogen-bond donors (Lipinski definition) is 0. The second kappa shape index (κ2) is 6.03. The van der Waals surface area contributed by atoms with Crippen molar-refractivity contribution in [3.63, 3.8) is 0 Å². The van der Waals surface area contributed by atoms with Crippen LogP contribution in [0.4, 0.5) is 0 Å². The molecule has 1 saturated carbocycles. The Balaban J connectivity index is 1.37. The molecule has 3 unspecified atom stereocenters. The lowest BCUT2D eigenvalue weighted by Gasteiger charge is -2.10. The summed E-state index contributed by atoms with van der Waals surface area (Å²) in [5.74, 6) is 2.53. The smallest absolute Gasteiger partial charge is 0.165 e. The zero-order valence-electron chi connectivity index (χ0n) is 14.4. The minimum Gasteiger partial charge on any atom is -0.493 e. The average Bonchev–Trinajstić information content (AvgIpc) is 3.04. The molecule has 4 heteroatoms. The summed E-state index contributed by atoms with van der Waals surface area (Å²) in [6.45, 7) is 1.46. The number of rotatable bonds is 5. The van der Waals surface area contributed by atoms with Crippen molar-refractivity contribution in [1.82, 2.24) is 9.78 Å². The lowest BCUT2D eigenvalue weighted by molar-refractivity contribution is 0.287. The third-order valence-electron chi connectivity index (χ3n) is 5.65. The molecule has 0 spiro atoms. The third-order valence-corrected chi connectivity index (χ3v) is 5.65. The Morgan fingerprint density at radius 2 is 1.81 bits per heavy atom. The molecule has 5 rings (SSSR count). The Morgan fingerprint density at radius 1 is 1.08 bits per heavy atom. The molecule has 0 bridgehead atoms. The van der Waals surface area contributed by atoms with Crippen LogP contribution in [0, 0.1) is 23.2 Å². The van der Waals surface area contributed by atoms with E-state index < -0.39 is 0 Å². The quantitative estimate of drug-likeness (QED) is 0.710. The Labute approximate surface area is 152 Å². The second-order valence-electron chi connectivity index (χ2n) is 7.15. The maximum absolute atomic E-state index is 9.45. The van der Waals surface area contributed by atoms with Crippen LogP contribution in [0.15, 0.2) is 60.7 Å². The summed E-state index contributed by atoms with van der Waals surface area (Å²) in [6.07, 6.45) is 0.959. The maximum Gasteiger partial charge on any atom is 0.165 e. The van der Waals surface area contributed by atoms with Gasteiger partial charge in [-0.15, -0.1) is 0 Å². The summed E-state index contributed by atoms with van der Waals surface area (Å²) in [4.78, 5) is 0. The van der Waals surface area contributed by atoms with E-state index in [0.29, 0.717) is 23.4 Å². The van der Waals surface area contributed by atoms with Crippen LogP contribution >= 0.6 is 0 Å². The van der Waals surface area contributed by atoms with Gasteiger partial charge in [-0.1, -0.05) is 48.5 Å². The van der Waals surface area contributed by atoms with Crippen LogP contribution in [-0.2, 0) is 13.0 Å². The number of nitriles is 1. The van der Waals surface area contributed by atoms with Crippen LogP contribution in [-0.4, -0.2) is 16.4 Å². The van der Waals surface area contributed by atoms with E-state index in [4.69, 9.17) is 4.74 Å². The highest BCUT2D eigenvalue weighted by atomic mass is 16.5. The first kappa shape index (κ1) is 15.2. The molecule has 2 aliphatic carbocycles. The maximum atomic E-state index is 9.45. The van der Waals surface area contributed by atoms with E-state index in [-0.39, 0.29) is 0 Å². The van der Waals surface area contributed by atoms with E-state index in [0.717, 1.165) is 30.9 Å². The first-order valence-corrected chi connectivity index (χ1v) is 9.06. The Bertz CT molecular complexity index is 972. The first-order chi connectivity index (χ1) is 12.8. The summed E-state index contributed by atoms with van der Waals surface area (Å²) in [7, 11) is 0. The molecule has 1 aromatic heterocycles. The van der Waals surface area contributed by atoms with Crippen molar-refractivity contribution in [2.75, 3.05) is 6.61 Å². The van der Waals surface area contributed by atoms with Crippen molar-refractivity contribution in [1.29, 1.82) is 5.26 Å². The number of fused-ring (bicyclic) bond motifs is 3. The number of benzene rings is 2. The van der Waals surface area contributed by atoms with E-state index in [2.05, 4.69) is 28.0 Å². The zero-order valence-corrected chi connectivity index (χ0v) is 14.4. The fourth-order valence-corrected chi connectivity index (χ4v) is 4.35. The van der Waals surface area contributed by atoms with Crippen molar-refractivity contribution < 1.29 is 4.74 Å². The third kappa shape index (κ3) is 2.48. The largest absolute Gasteiger partial charge is 0.493 e. The standard InChI is InChI=1S/C22H19N3O/c23-12-20-18-11-17-19(14-26-16-9-5-2-6-10-16)21(17)22(18)25(24-20)13-15-7-3-1-4-8-15/h1-10,17,19,21H,11,13-14H2. The van der Waals surface area contributed by atoms with Crippen molar-refractivity contribution in [2.24, 2.45) is 11.8 Å². The van der Waals surface area contributed by atoms with E-state index >= 15 is 0 Å². The van der Waals surface area contributed by atoms with E-state index in [1.165, 1.54) is 11.3 Å². The van der Waals surface area contributed by atoms with Gasteiger partial charge in [0.25, 0.3) is 0 Å². The predicted octanol–water partition coefficient (Wildman–Crippen LogP) is 3.77. The lowest BCUT2D eigenvalue weighted by Crippen LogP contribution is -2.09. The molecule has 0 radical (unpaired) electrons. The van der Waals surface area contributed by atoms with Crippen molar-refractivity contribution >= 4 is 0 Å². The van der Waals surface area contributed by atoms with Gasteiger partial charge in [-0.2, -0.15) is 10.4 Å². The number of nitrogens with zero attached hydrogens (tertiary/aromatic N) is 3. The molecule has 3 aromatic rings. The number of hydrogen-bond acceptors (Lipinski definition) is 3. The summed E-state index contributed by atoms with van der Waals surface area (Å²) in [5.41, 5.74) is 4.24. The van der Waals surface area contributed by atoms with Gasteiger partial charge in [-0.3, -0.25) is 4.68 Å². The molecule has 4 nitrogen and oxygen atoms in total. The van der Waals surface area contributed by atoms with Crippen LogP contribution in [0.25, 0.3) is 0 Å². The highest BCUT2D eigenvalue weighted by Gasteiger charge is 2.58. The molecule has 2 aliphatic rings. The molecule has 1 fully saturated rings. The summed E-state index contributed by atoms with van der Waals surface area (Å²) in [6, 6.07) is 22.6. The van der Waals surface area contributed by atoms with Gasteiger partial charge in [-0.05, 0) is 30.0 Å². The van der Waals surface area contributed by atoms with Gasteiger partial charge in [-0.25, -0.2) is 0 Å². The normalized spacial score (nSPS) is 22.3. The summed E-state index contributed by atoms with van der Waals surface area (Å²) < 4.78 is 8.03. The van der Waals surface area contributed by atoms with E-state index in [1.807, 2.05) is 48.5 Å². The number of ether oxygens (including phenoxy) is 1. The van der Waals surface area contributed by atoms with E-state index in [9.17, 15) is 5.26 Å². The predicted molar refractivity (Wildman–Crippen MR) is 97.8 cm³/mol. The fraction of sp³-hybridized carbons (Fsp3) is 0.273. The molecule has 0 amide bonds. The highest BCUT2D eigenvalue weighted by molar-refractivity contribution is 5.47. The minimum atomic E-state index is 0.479. The Hall–Kier alpha value is -3.06. The van der Waals surface area contributed by atoms with Gasteiger partial charge < -0.3 is 4.74 Å². The van der Waals surface area contributed by atoms with E-state index in [1.54, 1.807) is 0 Å². The first-order valence-electron chi connectivity index (χ1n) is 9.06. The Kier molecular flexibility index (Phi) is 3.53. The van der Waals surface area contributed by atoms with Gasteiger partial charge in [0.1, 0.15) is 11.8 Å². The molecule has 128 valence electrons. The zero-order chi connectivity index (χ0) is 17.5. The summed E-state index contributed by atoms with van der Waals surface area (Å²) >= 11 is 0. The molecule has 0 saturated heterocycles. The van der Waals surface area contributed by atoms with Crippen molar-refractivity contribution in [2.45, 2.75) is 18.9 Å². The van der Waals surface area contributed by atoms with Gasteiger partial charge in [0.15, 0.2) is 5.69 Å². The van der Waals surface area contributed by atoms with Crippen LogP contribution in [0.5, 0.6) is 5.75 Å². The molecule has 0 N–H and O–H groups in total. The topological polar surface area (TPSA) is 50.8 Å². The van der Waals surface area contributed by atoms with Crippen molar-refractivity contribution in [3.05, 3.63) is 83.2 Å². The average molecular weight is 341 g/mol. The fourth-order valence-electron chi connectivity index (χ4n) is 4.35. The molecule has 0 aliphatic heterocycles. The van der Waals surface area contributed by atoms with Crippen LogP contribution < -0.4 is 4.74 Å². The lowest BCUT2D eigenvalue weighted by atomic mass is 10.1. The van der Waals surface area contributed by atoms with Gasteiger partial charge in [0, 0.05) is 23.1 Å². The highest BCUT2D eigenvalue weighted by Crippen LogP contribution is 2.61. The van der Waals surface area contributed by atoms with Crippen LogP contribution in [0.2, 0.25) is 0 Å². The molecule has 2 aromatic carbocycles. The molecule has 26 heavy (non-hydrogen) atoms. The SMILES string of the molecule is N#Cc1nn(Cc2ccccc2)c2c1CC1C(COc3ccccc3)C21. The Morgan fingerprint density at radius 3 is 2.54 bits per heavy atom.